The van der Waals surface area contributed by atoms with E-state index in [2.05, 4.69) is 15.3 Å². The van der Waals surface area contributed by atoms with Gasteiger partial charge in [0.15, 0.2) is 5.82 Å². The van der Waals surface area contributed by atoms with Gasteiger partial charge in [0.1, 0.15) is 6.04 Å². The van der Waals surface area contributed by atoms with Gasteiger partial charge in [-0.2, -0.15) is 0 Å². The first-order valence-electron chi connectivity index (χ1n) is 8.44. The van der Waals surface area contributed by atoms with Crippen molar-refractivity contribution in [1.29, 1.82) is 0 Å². The summed E-state index contributed by atoms with van der Waals surface area (Å²) in [5.41, 5.74) is 1.71. The quantitative estimate of drug-likeness (QED) is 0.834. The molecular weight excluding hydrogens is 332 g/mol. The van der Waals surface area contributed by atoms with Crippen LogP contribution in [0.4, 0.5) is 11.5 Å². The molecule has 0 saturated heterocycles. The van der Waals surface area contributed by atoms with Crippen LogP contribution >= 0.6 is 0 Å². The van der Waals surface area contributed by atoms with Crippen LogP contribution < -0.4 is 10.2 Å². The van der Waals surface area contributed by atoms with Crippen LogP contribution in [0.2, 0.25) is 0 Å². The summed E-state index contributed by atoms with van der Waals surface area (Å²) in [5.74, 6) is -1.21. The number of benzene rings is 1. The second-order valence-corrected chi connectivity index (χ2v) is 6.75. The maximum Gasteiger partial charge on any atom is 0.300 e. The third kappa shape index (κ3) is 3.33. The van der Waals surface area contributed by atoms with Gasteiger partial charge in [0.05, 0.1) is 17.4 Å². The molecule has 0 bridgehead atoms. The van der Waals surface area contributed by atoms with Gasteiger partial charge >= 0.3 is 0 Å². The minimum absolute atomic E-state index is 0.144. The molecule has 0 spiro atoms. The van der Waals surface area contributed by atoms with Gasteiger partial charge in [-0.3, -0.25) is 24.3 Å². The summed E-state index contributed by atoms with van der Waals surface area (Å²) >= 11 is 0. The molecule has 0 aliphatic carbocycles. The molecule has 1 aromatic heterocycles. The van der Waals surface area contributed by atoms with E-state index in [-0.39, 0.29) is 5.92 Å². The fraction of sp³-hybridized carbons (Fsp3) is 0.316. The predicted octanol–water partition coefficient (Wildman–Crippen LogP) is 2.37. The molecule has 0 fully saturated rings. The van der Waals surface area contributed by atoms with Crippen molar-refractivity contribution in [2.45, 2.75) is 33.2 Å². The number of amides is 2. The van der Waals surface area contributed by atoms with Crippen molar-refractivity contribution in [3.8, 4) is 0 Å². The van der Waals surface area contributed by atoms with Crippen LogP contribution in [-0.2, 0) is 9.59 Å². The van der Waals surface area contributed by atoms with Gasteiger partial charge in [0.2, 0.25) is 5.91 Å². The topological polar surface area (TPSA) is 92.3 Å². The molecule has 0 radical (unpaired) electrons. The predicted molar refractivity (Wildman–Crippen MR) is 96.9 cm³/mol. The van der Waals surface area contributed by atoms with Crippen LogP contribution in [0.5, 0.6) is 0 Å². The van der Waals surface area contributed by atoms with Gasteiger partial charge in [-0.15, -0.1) is 0 Å². The van der Waals surface area contributed by atoms with Crippen molar-refractivity contribution < 1.29 is 14.4 Å². The molecule has 1 aliphatic rings. The average molecular weight is 352 g/mol. The lowest BCUT2D eigenvalue weighted by Gasteiger charge is -2.28. The standard InChI is InChI=1S/C19H20N4O3/c1-11(2)8-15(18(25)22-16-10-20-6-7-21-16)23-14-5-4-12(3)9-13(14)17(24)19(23)26/h4-7,9-11,15H,8H2,1-3H3,(H,21,22,25). The maximum atomic E-state index is 12.9. The van der Waals surface area contributed by atoms with E-state index in [1.165, 1.54) is 23.5 Å². The summed E-state index contributed by atoms with van der Waals surface area (Å²) < 4.78 is 0. The molecule has 2 heterocycles. The second kappa shape index (κ2) is 7.03. The summed E-state index contributed by atoms with van der Waals surface area (Å²) in [4.78, 5) is 47.1. The van der Waals surface area contributed by atoms with Crippen LogP contribution in [0.25, 0.3) is 0 Å². The molecule has 1 aliphatic heterocycles. The first kappa shape index (κ1) is 17.7. The normalized spacial score (nSPS) is 14.5. The summed E-state index contributed by atoms with van der Waals surface area (Å²) in [6, 6.07) is 4.42. The lowest BCUT2D eigenvalue weighted by atomic mass is 10.0. The number of rotatable bonds is 5. The van der Waals surface area contributed by atoms with Crippen molar-refractivity contribution in [2.75, 3.05) is 10.2 Å². The van der Waals surface area contributed by atoms with Gasteiger partial charge < -0.3 is 5.32 Å². The maximum absolute atomic E-state index is 12.9. The first-order valence-corrected chi connectivity index (χ1v) is 8.44. The second-order valence-electron chi connectivity index (χ2n) is 6.75. The molecule has 7 heteroatoms. The highest BCUT2D eigenvalue weighted by Gasteiger charge is 2.42. The molecule has 1 aromatic carbocycles. The van der Waals surface area contributed by atoms with Gasteiger partial charge in [-0.05, 0) is 31.4 Å². The number of anilines is 2. The summed E-state index contributed by atoms with van der Waals surface area (Å²) in [7, 11) is 0. The van der Waals surface area contributed by atoms with Crippen molar-refractivity contribution >= 4 is 29.1 Å². The number of carbonyl (C=O) groups excluding carboxylic acids is 3. The Labute approximate surface area is 151 Å². The Balaban J connectivity index is 1.97. The number of nitrogens with one attached hydrogen (secondary N) is 1. The largest absolute Gasteiger partial charge is 0.308 e. The molecule has 3 rings (SSSR count). The van der Waals surface area contributed by atoms with Crippen LogP contribution in [-0.4, -0.2) is 33.6 Å². The Morgan fingerprint density at radius 2 is 2.00 bits per heavy atom. The highest BCUT2D eigenvalue weighted by Crippen LogP contribution is 2.33. The van der Waals surface area contributed by atoms with E-state index < -0.39 is 23.6 Å². The number of fused-ring (bicyclic) bond motifs is 1. The molecule has 1 unspecified atom stereocenters. The SMILES string of the molecule is Cc1ccc2c(c1)C(=O)C(=O)N2C(CC(C)C)C(=O)Nc1cnccn1. The molecule has 134 valence electrons. The number of aryl methyl sites for hydroxylation is 1. The summed E-state index contributed by atoms with van der Waals surface area (Å²) in [5, 5.41) is 2.68. The number of nitrogens with zero attached hydrogens (tertiary/aromatic N) is 3. The Hall–Kier alpha value is -3.09. The number of aromatic nitrogens is 2. The number of hydrogen-bond acceptors (Lipinski definition) is 5. The van der Waals surface area contributed by atoms with E-state index in [4.69, 9.17) is 0 Å². The van der Waals surface area contributed by atoms with E-state index >= 15 is 0 Å². The van der Waals surface area contributed by atoms with Crippen LogP contribution in [0, 0.1) is 12.8 Å². The summed E-state index contributed by atoms with van der Waals surface area (Å²) in [6.07, 6.45) is 4.81. The van der Waals surface area contributed by atoms with Gasteiger partial charge in [0.25, 0.3) is 11.7 Å². The van der Waals surface area contributed by atoms with E-state index in [0.29, 0.717) is 23.5 Å². The fourth-order valence-corrected chi connectivity index (χ4v) is 3.03. The number of Topliss-reactive ketones (excluding diaryl/α,β-unsaturated/α-hetero) is 1. The molecular formula is C19H20N4O3. The molecule has 2 aromatic rings. The minimum Gasteiger partial charge on any atom is -0.308 e. The van der Waals surface area contributed by atoms with E-state index in [1.54, 1.807) is 12.1 Å². The molecule has 1 atom stereocenters. The van der Waals surface area contributed by atoms with Crippen molar-refractivity contribution in [2.24, 2.45) is 5.92 Å². The third-order valence-corrected chi connectivity index (χ3v) is 4.19. The zero-order valence-electron chi connectivity index (χ0n) is 14.9. The Morgan fingerprint density at radius 1 is 1.23 bits per heavy atom. The van der Waals surface area contributed by atoms with E-state index in [1.807, 2.05) is 26.8 Å². The van der Waals surface area contributed by atoms with Crippen molar-refractivity contribution in [1.82, 2.24) is 9.97 Å². The van der Waals surface area contributed by atoms with Gasteiger partial charge in [-0.25, -0.2) is 4.98 Å². The van der Waals surface area contributed by atoms with Crippen molar-refractivity contribution in [3.05, 3.63) is 47.9 Å². The lowest BCUT2D eigenvalue weighted by Crippen LogP contribution is -2.47. The van der Waals surface area contributed by atoms with Crippen molar-refractivity contribution in [3.63, 3.8) is 0 Å². The van der Waals surface area contributed by atoms with Crippen LogP contribution in [0.3, 0.4) is 0 Å². The molecule has 7 nitrogen and oxygen atoms in total. The first-order chi connectivity index (χ1) is 12.4. The highest BCUT2D eigenvalue weighted by atomic mass is 16.2. The Kier molecular flexibility index (Phi) is 4.79. The van der Waals surface area contributed by atoms with E-state index in [9.17, 15) is 14.4 Å². The molecule has 26 heavy (non-hydrogen) atoms. The average Bonchev–Trinajstić information content (AvgIpc) is 2.84. The summed E-state index contributed by atoms with van der Waals surface area (Å²) in [6.45, 7) is 5.77. The Bertz CT molecular complexity index is 864. The molecule has 0 saturated carbocycles. The smallest absolute Gasteiger partial charge is 0.300 e. The molecule has 2 amide bonds. The lowest BCUT2D eigenvalue weighted by molar-refractivity contribution is -0.121. The van der Waals surface area contributed by atoms with Gasteiger partial charge in [-0.1, -0.05) is 25.5 Å². The van der Waals surface area contributed by atoms with E-state index in [0.717, 1.165) is 5.56 Å². The number of ketones is 1. The zero-order chi connectivity index (χ0) is 18.8. The van der Waals surface area contributed by atoms with Crippen LogP contribution in [0.1, 0.15) is 36.2 Å². The highest BCUT2D eigenvalue weighted by molar-refractivity contribution is 6.53. The number of hydrogen-bond donors (Lipinski definition) is 1. The van der Waals surface area contributed by atoms with Crippen LogP contribution in [0.15, 0.2) is 36.8 Å². The fourth-order valence-electron chi connectivity index (χ4n) is 3.03. The van der Waals surface area contributed by atoms with Gasteiger partial charge in [0, 0.05) is 12.4 Å². The number of carbonyl (C=O) groups is 3. The molecule has 1 N–H and O–H groups in total. The zero-order valence-corrected chi connectivity index (χ0v) is 14.9. The Morgan fingerprint density at radius 3 is 2.65 bits per heavy atom. The monoisotopic (exact) mass is 352 g/mol. The minimum atomic E-state index is -0.808. The third-order valence-electron chi connectivity index (χ3n) is 4.19.